The molecule has 0 radical (unpaired) electrons. The van der Waals surface area contributed by atoms with Gasteiger partial charge in [-0.1, -0.05) is 0 Å². The Bertz CT molecular complexity index is 297. The van der Waals surface area contributed by atoms with Crippen molar-refractivity contribution in [1.29, 1.82) is 0 Å². The van der Waals surface area contributed by atoms with Crippen molar-refractivity contribution >= 4 is 5.97 Å². The molecule has 0 saturated carbocycles. The summed E-state index contributed by atoms with van der Waals surface area (Å²) in [6.07, 6.45) is 2.13. The van der Waals surface area contributed by atoms with Gasteiger partial charge in [-0.3, -0.25) is 4.79 Å². The molecule has 6 heteroatoms. The molecule has 1 rings (SSSR count). The van der Waals surface area contributed by atoms with Crippen LogP contribution in [0.5, 0.6) is 0 Å². The maximum Gasteiger partial charge on any atom is 0.305 e. The first-order chi connectivity index (χ1) is 6.74. The summed E-state index contributed by atoms with van der Waals surface area (Å²) in [6.45, 7) is 2.59. The fourth-order valence-corrected chi connectivity index (χ4v) is 1.09. The van der Waals surface area contributed by atoms with Crippen LogP contribution in [0.4, 0.5) is 0 Å². The summed E-state index contributed by atoms with van der Waals surface area (Å²) in [4.78, 5) is 10.8. The summed E-state index contributed by atoms with van der Waals surface area (Å²) in [5, 5.41) is 11.1. The Balaban J connectivity index is 2.16. The Labute approximate surface area is 82.2 Å². The van der Waals surface area contributed by atoms with Crippen molar-refractivity contribution in [2.24, 2.45) is 0 Å². The molecule has 1 heterocycles. The second kappa shape index (κ2) is 5.31. The highest BCUT2D eigenvalue weighted by molar-refractivity contribution is 5.68. The van der Waals surface area contributed by atoms with Crippen LogP contribution >= 0.6 is 0 Å². The fraction of sp³-hybridized carbons (Fsp3) is 0.750. The van der Waals surface area contributed by atoms with E-state index in [1.54, 1.807) is 4.68 Å². The van der Waals surface area contributed by atoms with Crippen molar-refractivity contribution in [1.82, 2.24) is 20.2 Å². The topological polar surface area (TPSA) is 69.9 Å². The molecular weight excluding hydrogens is 184 g/mol. The maximum absolute atomic E-state index is 10.8. The van der Waals surface area contributed by atoms with E-state index in [1.165, 1.54) is 7.11 Å². The number of nitrogens with zero attached hydrogens (tertiary/aromatic N) is 4. The molecule has 0 aliphatic rings. The summed E-state index contributed by atoms with van der Waals surface area (Å²) < 4.78 is 6.24. The smallest absolute Gasteiger partial charge is 0.305 e. The van der Waals surface area contributed by atoms with Gasteiger partial charge in [0.2, 0.25) is 0 Å². The van der Waals surface area contributed by atoms with Gasteiger partial charge in [-0.15, -0.1) is 5.10 Å². The average Bonchev–Trinajstić information content (AvgIpc) is 2.58. The highest BCUT2D eigenvalue weighted by atomic mass is 16.5. The third kappa shape index (κ3) is 3.12. The minimum Gasteiger partial charge on any atom is -0.469 e. The molecule has 78 valence electrons. The van der Waals surface area contributed by atoms with Crippen LogP contribution in [0, 0.1) is 6.92 Å². The van der Waals surface area contributed by atoms with Crippen molar-refractivity contribution in [3.8, 4) is 0 Å². The number of aromatic nitrogens is 4. The van der Waals surface area contributed by atoms with Gasteiger partial charge in [0, 0.05) is 13.0 Å². The minimum absolute atomic E-state index is 0.168. The van der Waals surface area contributed by atoms with Gasteiger partial charge in [-0.05, 0) is 30.2 Å². The normalized spacial score (nSPS) is 10.1. The number of carbonyl (C=O) groups is 1. The summed E-state index contributed by atoms with van der Waals surface area (Å²) in [5.41, 5.74) is 0. The largest absolute Gasteiger partial charge is 0.469 e. The van der Waals surface area contributed by atoms with E-state index < -0.39 is 0 Å². The molecule has 0 amide bonds. The molecule has 0 N–H and O–H groups in total. The summed E-state index contributed by atoms with van der Waals surface area (Å²) in [7, 11) is 1.40. The lowest BCUT2D eigenvalue weighted by atomic mass is 10.2. The van der Waals surface area contributed by atoms with E-state index in [1.807, 2.05) is 6.92 Å². The number of carbonyl (C=O) groups excluding carboxylic acids is 1. The van der Waals surface area contributed by atoms with E-state index in [4.69, 9.17) is 0 Å². The van der Waals surface area contributed by atoms with Crippen LogP contribution in [0.3, 0.4) is 0 Å². The number of tetrazole rings is 1. The standard InChI is InChI=1S/C8H14N4O2/c1-7-9-10-11-12(7)6-4-3-5-8(13)14-2/h3-6H2,1-2H3. The number of rotatable bonds is 5. The molecule has 0 aromatic carbocycles. The highest BCUT2D eigenvalue weighted by Gasteiger charge is 2.02. The summed E-state index contributed by atoms with van der Waals surface area (Å²) in [6, 6.07) is 0. The van der Waals surface area contributed by atoms with Crippen LogP contribution in [0.2, 0.25) is 0 Å². The lowest BCUT2D eigenvalue weighted by Crippen LogP contribution is -2.05. The molecule has 0 aliphatic heterocycles. The Morgan fingerprint density at radius 1 is 1.50 bits per heavy atom. The number of hydrogen-bond donors (Lipinski definition) is 0. The van der Waals surface area contributed by atoms with Crippen LogP contribution in [-0.4, -0.2) is 33.3 Å². The Kier molecular flexibility index (Phi) is 4.03. The number of hydrogen-bond acceptors (Lipinski definition) is 5. The van der Waals surface area contributed by atoms with E-state index in [-0.39, 0.29) is 5.97 Å². The molecule has 0 saturated heterocycles. The molecule has 1 aromatic rings. The van der Waals surface area contributed by atoms with Gasteiger partial charge in [0.15, 0.2) is 0 Å². The second-order valence-electron chi connectivity index (χ2n) is 2.98. The highest BCUT2D eigenvalue weighted by Crippen LogP contribution is 2.00. The predicted molar refractivity (Wildman–Crippen MR) is 48.4 cm³/mol. The number of esters is 1. The number of aryl methyl sites for hydroxylation is 2. The zero-order valence-corrected chi connectivity index (χ0v) is 8.43. The first-order valence-corrected chi connectivity index (χ1v) is 4.53. The van der Waals surface area contributed by atoms with Crippen molar-refractivity contribution < 1.29 is 9.53 Å². The van der Waals surface area contributed by atoms with E-state index in [0.29, 0.717) is 6.42 Å². The van der Waals surface area contributed by atoms with E-state index >= 15 is 0 Å². The van der Waals surface area contributed by atoms with Gasteiger partial charge in [-0.2, -0.15) is 0 Å². The molecule has 0 fully saturated rings. The van der Waals surface area contributed by atoms with Gasteiger partial charge < -0.3 is 4.74 Å². The molecule has 0 atom stereocenters. The molecule has 0 unspecified atom stereocenters. The van der Waals surface area contributed by atoms with Gasteiger partial charge in [-0.25, -0.2) is 4.68 Å². The molecule has 0 spiro atoms. The van der Waals surface area contributed by atoms with Crippen LogP contribution in [0.25, 0.3) is 0 Å². The minimum atomic E-state index is -0.168. The number of ether oxygens (including phenoxy) is 1. The Hall–Kier alpha value is -1.46. The first kappa shape index (κ1) is 10.6. The van der Waals surface area contributed by atoms with Crippen LogP contribution in [-0.2, 0) is 16.1 Å². The number of unbranched alkanes of at least 4 members (excludes halogenated alkanes) is 1. The summed E-state index contributed by atoms with van der Waals surface area (Å²) >= 11 is 0. The molecule has 1 aromatic heterocycles. The van der Waals surface area contributed by atoms with Crippen LogP contribution in [0.1, 0.15) is 25.1 Å². The lowest BCUT2D eigenvalue weighted by Gasteiger charge is -2.01. The molecule has 0 aliphatic carbocycles. The summed E-state index contributed by atoms with van der Waals surface area (Å²) in [5.74, 6) is 0.626. The quantitative estimate of drug-likeness (QED) is 0.503. The van der Waals surface area contributed by atoms with Crippen molar-refractivity contribution in [3.63, 3.8) is 0 Å². The van der Waals surface area contributed by atoms with Crippen LogP contribution < -0.4 is 0 Å². The van der Waals surface area contributed by atoms with Crippen molar-refractivity contribution in [3.05, 3.63) is 5.82 Å². The zero-order valence-electron chi connectivity index (χ0n) is 8.43. The Morgan fingerprint density at radius 3 is 2.86 bits per heavy atom. The fourth-order valence-electron chi connectivity index (χ4n) is 1.09. The van der Waals surface area contributed by atoms with E-state index in [2.05, 4.69) is 20.3 Å². The van der Waals surface area contributed by atoms with Gasteiger partial charge in [0.1, 0.15) is 5.82 Å². The number of methoxy groups -OCH3 is 1. The van der Waals surface area contributed by atoms with Crippen LogP contribution in [0.15, 0.2) is 0 Å². The third-order valence-corrected chi connectivity index (χ3v) is 1.94. The molecule has 0 bridgehead atoms. The van der Waals surface area contributed by atoms with E-state index in [0.717, 1.165) is 25.2 Å². The second-order valence-corrected chi connectivity index (χ2v) is 2.98. The molecular formula is C8H14N4O2. The van der Waals surface area contributed by atoms with Gasteiger partial charge in [0.05, 0.1) is 7.11 Å². The molecule has 14 heavy (non-hydrogen) atoms. The lowest BCUT2D eigenvalue weighted by molar-refractivity contribution is -0.140. The predicted octanol–water partition coefficient (Wildman–Crippen LogP) is 0.325. The monoisotopic (exact) mass is 198 g/mol. The van der Waals surface area contributed by atoms with Crippen molar-refractivity contribution in [2.75, 3.05) is 7.11 Å². The Morgan fingerprint density at radius 2 is 2.29 bits per heavy atom. The van der Waals surface area contributed by atoms with Gasteiger partial charge >= 0.3 is 5.97 Å². The first-order valence-electron chi connectivity index (χ1n) is 4.53. The van der Waals surface area contributed by atoms with E-state index in [9.17, 15) is 4.79 Å². The van der Waals surface area contributed by atoms with Gasteiger partial charge in [0.25, 0.3) is 0 Å². The maximum atomic E-state index is 10.8. The average molecular weight is 198 g/mol. The van der Waals surface area contributed by atoms with Crippen molar-refractivity contribution in [2.45, 2.75) is 32.7 Å². The zero-order chi connectivity index (χ0) is 10.4. The third-order valence-electron chi connectivity index (χ3n) is 1.94. The molecule has 6 nitrogen and oxygen atoms in total. The SMILES string of the molecule is COC(=O)CCCCn1nnnc1C.